The minimum absolute atomic E-state index is 0.262. The molecule has 0 unspecified atom stereocenters. The fourth-order valence-electron chi connectivity index (χ4n) is 3.18. The van der Waals surface area contributed by atoms with Gasteiger partial charge in [0.15, 0.2) is 0 Å². The summed E-state index contributed by atoms with van der Waals surface area (Å²) in [6.07, 6.45) is 0.841. The quantitative estimate of drug-likeness (QED) is 0.886. The maximum absolute atomic E-state index is 14.4. The van der Waals surface area contributed by atoms with Crippen LogP contribution in [-0.4, -0.2) is 26.2 Å². The highest BCUT2D eigenvalue weighted by Gasteiger charge is 2.43. The van der Waals surface area contributed by atoms with Gasteiger partial charge in [0.2, 0.25) is 5.91 Å². The number of rotatable bonds is 4. The zero-order valence-electron chi connectivity index (χ0n) is 13.9. The van der Waals surface area contributed by atoms with Crippen LogP contribution in [0.15, 0.2) is 42.5 Å². The molecular weight excluding hydrogens is 345 g/mol. The van der Waals surface area contributed by atoms with E-state index in [4.69, 9.17) is 21.1 Å². The molecule has 0 aliphatic carbocycles. The fraction of sp³-hybridized carbons (Fsp3) is 0.316. The lowest BCUT2D eigenvalue weighted by Gasteiger charge is -2.36. The summed E-state index contributed by atoms with van der Waals surface area (Å²) in [6.45, 7) is 0.816. The molecular formula is C19H19ClFNO3. The van der Waals surface area contributed by atoms with Crippen molar-refractivity contribution < 1.29 is 18.7 Å². The van der Waals surface area contributed by atoms with Gasteiger partial charge in [-0.2, -0.15) is 0 Å². The molecule has 3 rings (SSSR count). The number of carbonyl (C=O) groups excluding carboxylic acids is 1. The smallest absolute Gasteiger partial charge is 0.235 e. The van der Waals surface area contributed by atoms with E-state index in [9.17, 15) is 9.18 Å². The standard InChI is InChI=1S/C19H19ClFNO3/c1-24-17-7-6-13(12-15(17)20)22-18(23)19(8-10-25-11-9-19)14-4-2-3-5-16(14)21/h2-7,12H,8-11H2,1H3,(H,22,23). The number of carbonyl (C=O) groups is 1. The second-order valence-corrected chi connectivity index (χ2v) is 6.38. The summed E-state index contributed by atoms with van der Waals surface area (Å²) in [7, 11) is 1.52. The Kier molecular flexibility index (Phi) is 5.25. The number of hydrogen-bond acceptors (Lipinski definition) is 3. The first-order chi connectivity index (χ1) is 12.1. The van der Waals surface area contributed by atoms with Crippen molar-refractivity contribution in [2.75, 3.05) is 25.6 Å². The average Bonchev–Trinajstić information content (AvgIpc) is 2.63. The van der Waals surface area contributed by atoms with Gasteiger partial charge in [0.25, 0.3) is 0 Å². The number of benzene rings is 2. The monoisotopic (exact) mass is 363 g/mol. The molecule has 4 nitrogen and oxygen atoms in total. The van der Waals surface area contributed by atoms with Crippen LogP contribution in [0.2, 0.25) is 5.02 Å². The highest BCUT2D eigenvalue weighted by Crippen LogP contribution is 2.38. The molecule has 1 amide bonds. The molecule has 0 saturated carbocycles. The molecule has 0 aromatic heterocycles. The van der Waals surface area contributed by atoms with Crippen molar-refractivity contribution in [3.63, 3.8) is 0 Å². The first kappa shape index (κ1) is 17.7. The van der Waals surface area contributed by atoms with Gasteiger partial charge in [0.05, 0.1) is 17.5 Å². The van der Waals surface area contributed by atoms with Gasteiger partial charge in [-0.3, -0.25) is 4.79 Å². The van der Waals surface area contributed by atoms with Crippen molar-refractivity contribution in [1.82, 2.24) is 0 Å². The Labute approximate surface area is 150 Å². The maximum atomic E-state index is 14.4. The minimum Gasteiger partial charge on any atom is -0.495 e. The van der Waals surface area contributed by atoms with E-state index in [1.165, 1.54) is 13.2 Å². The molecule has 1 heterocycles. The Hall–Kier alpha value is -2.11. The Balaban J connectivity index is 1.93. The van der Waals surface area contributed by atoms with Crippen LogP contribution in [-0.2, 0) is 14.9 Å². The highest BCUT2D eigenvalue weighted by molar-refractivity contribution is 6.32. The average molecular weight is 364 g/mol. The number of anilines is 1. The van der Waals surface area contributed by atoms with Gasteiger partial charge in [-0.05, 0) is 37.1 Å². The van der Waals surface area contributed by atoms with Crippen molar-refractivity contribution >= 4 is 23.2 Å². The lowest BCUT2D eigenvalue weighted by molar-refractivity contribution is -0.125. The van der Waals surface area contributed by atoms with Crippen molar-refractivity contribution in [2.24, 2.45) is 0 Å². The molecule has 1 fully saturated rings. The number of amides is 1. The van der Waals surface area contributed by atoms with Crippen LogP contribution in [0, 0.1) is 5.82 Å². The number of halogens is 2. The lowest BCUT2D eigenvalue weighted by atomic mass is 9.73. The predicted molar refractivity (Wildman–Crippen MR) is 94.8 cm³/mol. The zero-order valence-corrected chi connectivity index (χ0v) is 14.6. The topological polar surface area (TPSA) is 47.6 Å². The summed E-state index contributed by atoms with van der Waals surface area (Å²) in [5.41, 5.74) is -0.0240. The van der Waals surface area contributed by atoms with Crippen LogP contribution in [0.5, 0.6) is 5.75 Å². The molecule has 132 valence electrons. The Morgan fingerprint density at radius 3 is 2.60 bits per heavy atom. The first-order valence-corrected chi connectivity index (χ1v) is 8.42. The molecule has 0 atom stereocenters. The first-order valence-electron chi connectivity index (χ1n) is 8.04. The van der Waals surface area contributed by atoms with Crippen LogP contribution in [0.1, 0.15) is 18.4 Å². The van der Waals surface area contributed by atoms with Crippen molar-refractivity contribution in [3.8, 4) is 5.75 Å². The highest BCUT2D eigenvalue weighted by atomic mass is 35.5. The summed E-state index contributed by atoms with van der Waals surface area (Å²) in [5.74, 6) is -0.121. The Morgan fingerprint density at radius 2 is 1.96 bits per heavy atom. The predicted octanol–water partition coefficient (Wildman–Crippen LogP) is 4.17. The van der Waals surface area contributed by atoms with Gasteiger partial charge >= 0.3 is 0 Å². The largest absolute Gasteiger partial charge is 0.495 e. The molecule has 1 saturated heterocycles. The van der Waals surface area contributed by atoms with Crippen LogP contribution in [0.4, 0.5) is 10.1 Å². The van der Waals surface area contributed by atoms with E-state index in [1.54, 1.807) is 36.4 Å². The second kappa shape index (κ2) is 7.42. The molecule has 0 spiro atoms. The van der Waals surface area contributed by atoms with Crippen molar-refractivity contribution in [1.29, 1.82) is 0 Å². The van der Waals surface area contributed by atoms with Crippen molar-refractivity contribution in [2.45, 2.75) is 18.3 Å². The molecule has 2 aromatic carbocycles. The molecule has 6 heteroatoms. The minimum atomic E-state index is -0.962. The Bertz CT molecular complexity index is 775. The third-order valence-electron chi connectivity index (χ3n) is 4.58. The molecule has 1 aliphatic rings. The van der Waals surface area contributed by atoms with E-state index in [2.05, 4.69) is 5.32 Å². The third kappa shape index (κ3) is 3.48. The number of hydrogen-bond donors (Lipinski definition) is 1. The summed E-state index contributed by atoms with van der Waals surface area (Å²) in [6, 6.07) is 11.4. The van der Waals surface area contributed by atoms with E-state index in [1.807, 2.05) is 0 Å². The molecule has 0 bridgehead atoms. The summed E-state index contributed by atoms with van der Waals surface area (Å²) < 4.78 is 24.9. The second-order valence-electron chi connectivity index (χ2n) is 5.98. The number of ether oxygens (including phenoxy) is 2. The van der Waals surface area contributed by atoms with E-state index in [0.717, 1.165) is 0 Å². The summed E-state index contributed by atoms with van der Waals surface area (Å²) in [4.78, 5) is 13.1. The van der Waals surface area contributed by atoms with E-state index < -0.39 is 5.41 Å². The Morgan fingerprint density at radius 1 is 1.24 bits per heavy atom. The van der Waals surface area contributed by atoms with Crippen LogP contribution >= 0.6 is 11.6 Å². The number of methoxy groups -OCH3 is 1. The van der Waals surface area contributed by atoms with Crippen molar-refractivity contribution in [3.05, 3.63) is 58.9 Å². The van der Waals surface area contributed by atoms with Crippen LogP contribution in [0.3, 0.4) is 0 Å². The molecule has 2 aromatic rings. The van der Waals surface area contributed by atoms with E-state index >= 15 is 0 Å². The van der Waals surface area contributed by atoms with E-state index in [-0.39, 0.29) is 11.7 Å². The van der Waals surface area contributed by atoms with Crippen LogP contribution in [0.25, 0.3) is 0 Å². The van der Waals surface area contributed by atoms with E-state index in [0.29, 0.717) is 48.1 Å². The van der Waals surface area contributed by atoms with Gasteiger partial charge in [0, 0.05) is 24.5 Å². The molecule has 1 aliphatic heterocycles. The molecule has 0 radical (unpaired) electrons. The maximum Gasteiger partial charge on any atom is 0.235 e. The third-order valence-corrected chi connectivity index (χ3v) is 4.88. The lowest BCUT2D eigenvalue weighted by Crippen LogP contribution is -2.45. The van der Waals surface area contributed by atoms with Gasteiger partial charge in [-0.15, -0.1) is 0 Å². The number of nitrogens with one attached hydrogen (secondary N) is 1. The fourth-order valence-corrected chi connectivity index (χ4v) is 3.44. The van der Waals surface area contributed by atoms with Gasteiger partial charge < -0.3 is 14.8 Å². The summed E-state index contributed by atoms with van der Waals surface area (Å²) >= 11 is 6.12. The van der Waals surface area contributed by atoms with Gasteiger partial charge in [0.1, 0.15) is 11.6 Å². The summed E-state index contributed by atoms with van der Waals surface area (Å²) in [5, 5.41) is 3.26. The molecule has 25 heavy (non-hydrogen) atoms. The molecule has 1 N–H and O–H groups in total. The van der Waals surface area contributed by atoms with Gasteiger partial charge in [-0.25, -0.2) is 4.39 Å². The zero-order chi connectivity index (χ0) is 17.9. The normalized spacial score (nSPS) is 16.3. The van der Waals surface area contributed by atoms with Gasteiger partial charge in [-0.1, -0.05) is 29.8 Å². The SMILES string of the molecule is COc1ccc(NC(=O)C2(c3ccccc3F)CCOCC2)cc1Cl. The van der Waals surface area contributed by atoms with Crippen LogP contribution < -0.4 is 10.1 Å².